The highest BCUT2D eigenvalue weighted by Gasteiger charge is 2.14. The normalized spacial score (nSPS) is 12.4. The smallest absolute Gasteiger partial charge is 0.0451 e. The summed E-state index contributed by atoms with van der Waals surface area (Å²) >= 11 is 3.58. The molecular weight excluding hydrogens is 324 g/mol. The third-order valence-electron chi connectivity index (χ3n) is 3.74. The molecule has 1 atom stereocenters. The first-order chi connectivity index (χ1) is 10.1. The van der Waals surface area contributed by atoms with Crippen LogP contribution < -0.4 is 5.32 Å². The van der Waals surface area contributed by atoms with Crippen LogP contribution in [0.1, 0.15) is 41.8 Å². The zero-order chi connectivity index (χ0) is 15.2. The van der Waals surface area contributed by atoms with Gasteiger partial charge in [0.05, 0.1) is 0 Å². The standard InChI is InChI=1S/C18H23BrN2/c1-4-9-20-18(12-17-13(2)6-5-10-21-17)15-7-8-16(19)14(3)11-15/h5-8,10-11,18,20H,4,9,12H2,1-3H3. The molecule has 2 aromatic rings. The molecule has 0 saturated heterocycles. The van der Waals surface area contributed by atoms with E-state index in [2.05, 4.69) is 71.3 Å². The first kappa shape index (κ1) is 16.2. The summed E-state index contributed by atoms with van der Waals surface area (Å²) in [5.74, 6) is 0. The number of benzene rings is 1. The average molecular weight is 347 g/mol. The van der Waals surface area contributed by atoms with E-state index in [1.807, 2.05) is 12.3 Å². The SMILES string of the molecule is CCCNC(Cc1ncccc1C)c1ccc(Br)c(C)c1. The maximum absolute atomic E-state index is 4.54. The first-order valence-corrected chi connectivity index (χ1v) is 8.31. The van der Waals surface area contributed by atoms with Gasteiger partial charge in [0, 0.05) is 28.8 Å². The van der Waals surface area contributed by atoms with E-state index in [0.29, 0.717) is 6.04 Å². The van der Waals surface area contributed by atoms with Gasteiger partial charge in [-0.15, -0.1) is 0 Å². The van der Waals surface area contributed by atoms with Gasteiger partial charge >= 0.3 is 0 Å². The highest BCUT2D eigenvalue weighted by Crippen LogP contribution is 2.24. The van der Waals surface area contributed by atoms with Gasteiger partial charge in [-0.05, 0) is 55.6 Å². The third kappa shape index (κ3) is 4.39. The van der Waals surface area contributed by atoms with Crippen LogP contribution in [-0.4, -0.2) is 11.5 Å². The predicted octanol–water partition coefficient (Wildman–Crippen LogP) is 4.74. The summed E-state index contributed by atoms with van der Waals surface area (Å²) < 4.78 is 1.16. The number of hydrogen-bond donors (Lipinski definition) is 1. The zero-order valence-corrected chi connectivity index (χ0v) is 14.6. The largest absolute Gasteiger partial charge is 0.310 e. The Labute approximate surface area is 136 Å². The van der Waals surface area contributed by atoms with E-state index in [9.17, 15) is 0 Å². The molecule has 1 aromatic heterocycles. The first-order valence-electron chi connectivity index (χ1n) is 7.51. The highest BCUT2D eigenvalue weighted by molar-refractivity contribution is 9.10. The molecule has 0 aliphatic rings. The lowest BCUT2D eigenvalue weighted by Gasteiger charge is -2.20. The van der Waals surface area contributed by atoms with Gasteiger partial charge in [0.1, 0.15) is 0 Å². The van der Waals surface area contributed by atoms with Gasteiger partial charge < -0.3 is 5.32 Å². The molecule has 0 aliphatic carbocycles. The molecule has 21 heavy (non-hydrogen) atoms. The lowest BCUT2D eigenvalue weighted by atomic mass is 9.98. The Balaban J connectivity index is 2.25. The maximum atomic E-state index is 4.54. The van der Waals surface area contributed by atoms with Crippen LogP contribution in [0.4, 0.5) is 0 Å². The van der Waals surface area contributed by atoms with Gasteiger partial charge in [-0.2, -0.15) is 0 Å². The summed E-state index contributed by atoms with van der Waals surface area (Å²) in [5, 5.41) is 3.65. The molecule has 0 bridgehead atoms. The van der Waals surface area contributed by atoms with Crippen molar-refractivity contribution < 1.29 is 0 Å². The van der Waals surface area contributed by atoms with E-state index in [1.54, 1.807) is 0 Å². The molecule has 3 heteroatoms. The Hall–Kier alpha value is -1.19. The van der Waals surface area contributed by atoms with E-state index in [-0.39, 0.29) is 0 Å². The van der Waals surface area contributed by atoms with Gasteiger partial charge in [-0.25, -0.2) is 0 Å². The molecule has 2 nitrogen and oxygen atoms in total. The van der Waals surface area contributed by atoms with Crippen molar-refractivity contribution in [1.29, 1.82) is 0 Å². The molecule has 0 spiro atoms. The van der Waals surface area contributed by atoms with Gasteiger partial charge in [0.2, 0.25) is 0 Å². The fraction of sp³-hybridized carbons (Fsp3) is 0.389. The molecule has 0 fully saturated rings. The van der Waals surface area contributed by atoms with E-state index in [4.69, 9.17) is 0 Å². The summed E-state index contributed by atoms with van der Waals surface area (Å²) in [7, 11) is 0. The minimum atomic E-state index is 0.311. The van der Waals surface area contributed by atoms with Crippen molar-refractivity contribution >= 4 is 15.9 Å². The van der Waals surface area contributed by atoms with Crippen molar-refractivity contribution in [3.63, 3.8) is 0 Å². The number of halogens is 1. The molecule has 0 amide bonds. The Bertz CT molecular complexity index is 596. The number of rotatable bonds is 6. The molecular formula is C18H23BrN2. The van der Waals surface area contributed by atoms with Gasteiger partial charge in [0.25, 0.3) is 0 Å². The molecule has 1 aromatic carbocycles. The van der Waals surface area contributed by atoms with E-state index in [0.717, 1.165) is 23.9 Å². The molecule has 0 saturated carbocycles. The van der Waals surface area contributed by atoms with E-state index >= 15 is 0 Å². The lowest BCUT2D eigenvalue weighted by Crippen LogP contribution is -2.24. The van der Waals surface area contributed by atoms with E-state index in [1.165, 1.54) is 22.4 Å². The topological polar surface area (TPSA) is 24.9 Å². The fourth-order valence-corrected chi connectivity index (χ4v) is 2.68. The molecule has 2 rings (SSSR count). The minimum Gasteiger partial charge on any atom is -0.310 e. The maximum Gasteiger partial charge on any atom is 0.0451 e. The van der Waals surface area contributed by atoms with Crippen molar-refractivity contribution in [2.45, 2.75) is 39.7 Å². The predicted molar refractivity (Wildman–Crippen MR) is 92.6 cm³/mol. The van der Waals surface area contributed by atoms with Crippen molar-refractivity contribution in [3.8, 4) is 0 Å². The highest BCUT2D eigenvalue weighted by atomic mass is 79.9. The van der Waals surface area contributed by atoms with E-state index < -0.39 is 0 Å². The van der Waals surface area contributed by atoms with Crippen LogP contribution in [-0.2, 0) is 6.42 Å². The summed E-state index contributed by atoms with van der Waals surface area (Å²) in [5.41, 5.74) is 5.03. The third-order valence-corrected chi connectivity index (χ3v) is 4.63. The van der Waals surface area contributed by atoms with Gasteiger partial charge in [0.15, 0.2) is 0 Å². The van der Waals surface area contributed by atoms with Crippen LogP contribution in [0.5, 0.6) is 0 Å². The second kappa shape index (κ2) is 7.71. The number of nitrogens with zero attached hydrogens (tertiary/aromatic N) is 1. The fourth-order valence-electron chi connectivity index (χ4n) is 2.44. The number of hydrogen-bond acceptors (Lipinski definition) is 2. The quantitative estimate of drug-likeness (QED) is 0.816. The molecule has 112 valence electrons. The minimum absolute atomic E-state index is 0.311. The molecule has 0 aliphatic heterocycles. The Morgan fingerprint density at radius 2 is 2.00 bits per heavy atom. The number of pyridine rings is 1. The number of aryl methyl sites for hydroxylation is 2. The lowest BCUT2D eigenvalue weighted by molar-refractivity contribution is 0.523. The van der Waals surface area contributed by atoms with Crippen molar-refractivity contribution in [2.24, 2.45) is 0 Å². The average Bonchev–Trinajstić information content (AvgIpc) is 2.48. The van der Waals surface area contributed by atoms with Crippen molar-refractivity contribution in [3.05, 3.63) is 63.4 Å². The van der Waals surface area contributed by atoms with Crippen LogP contribution in [0.25, 0.3) is 0 Å². The molecule has 1 unspecified atom stereocenters. The van der Waals surface area contributed by atoms with Crippen LogP contribution >= 0.6 is 15.9 Å². The molecule has 1 N–H and O–H groups in total. The molecule has 1 heterocycles. The second-order valence-electron chi connectivity index (χ2n) is 5.49. The van der Waals surface area contributed by atoms with Crippen molar-refractivity contribution in [2.75, 3.05) is 6.54 Å². The van der Waals surface area contributed by atoms with Crippen LogP contribution in [0.2, 0.25) is 0 Å². The number of nitrogens with one attached hydrogen (secondary N) is 1. The Kier molecular flexibility index (Phi) is 5.95. The van der Waals surface area contributed by atoms with Crippen LogP contribution in [0.15, 0.2) is 41.0 Å². The Morgan fingerprint density at radius 3 is 2.67 bits per heavy atom. The van der Waals surface area contributed by atoms with Crippen LogP contribution in [0, 0.1) is 13.8 Å². The Morgan fingerprint density at radius 1 is 1.19 bits per heavy atom. The summed E-state index contributed by atoms with van der Waals surface area (Å²) in [4.78, 5) is 4.54. The summed E-state index contributed by atoms with van der Waals surface area (Å²) in [6.07, 6.45) is 3.94. The summed E-state index contributed by atoms with van der Waals surface area (Å²) in [6, 6.07) is 11.0. The summed E-state index contributed by atoms with van der Waals surface area (Å²) in [6.45, 7) is 7.48. The van der Waals surface area contributed by atoms with Gasteiger partial charge in [-0.1, -0.05) is 41.1 Å². The molecule has 0 radical (unpaired) electrons. The monoisotopic (exact) mass is 346 g/mol. The van der Waals surface area contributed by atoms with Crippen molar-refractivity contribution in [1.82, 2.24) is 10.3 Å². The zero-order valence-electron chi connectivity index (χ0n) is 13.0. The second-order valence-corrected chi connectivity index (χ2v) is 6.34. The van der Waals surface area contributed by atoms with Gasteiger partial charge in [-0.3, -0.25) is 4.98 Å². The number of aromatic nitrogens is 1. The van der Waals surface area contributed by atoms with Crippen LogP contribution in [0.3, 0.4) is 0 Å².